The molecule has 0 bridgehead atoms. The second kappa shape index (κ2) is 4.19. The van der Waals surface area contributed by atoms with E-state index >= 15 is 0 Å². The number of carbonyl (C=O) groups is 1. The van der Waals surface area contributed by atoms with E-state index in [0.717, 1.165) is 32.4 Å². The minimum Gasteiger partial charge on any atom is -0.391 e. The Morgan fingerprint density at radius 1 is 1.50 bits per heavy atom. The number of carbonyl (C=O) groups excluding carboxylic acids is 1. The summed E-state index contributed by atoms with van der Waals surface area (Å²) in [6.45, 7) is 1.92. The van der Waals surface area contributed by atoms with Gasteiger partial charge < -0.3 is 10.4 Å². The average Bonchev–Trinajstić information content (AvgIpc) is 2.89. The molecular formula is C13H12N2O2S. The first-order valence-corrected chi connectivity index (χ1v) is 6.49. The summed E-state index contributed by atoms with van der Waals surface area (Å²) in [5, 5.41) is 12.9. The molecule has 0 unspecified atom stereocenters. The van der Waals surface area contributed by atoms with Crippen LogP contribution in [0.4, 0.5) is 5.69 Å². The van der Waals surface area contributed by atoms with E-state index in [0.29, 0.717) is 6.42 Å². The molecule has 1 aromatic heterocycles. The van der Waals surface area contributed by atoms with Gasteiger partial charge >= 0.3 is 0 Å². The second-order valence-corrected chi connectivity index (χ2v) is 5.37. The summed E-state index contributed by atoms with van der Waals surface area (Å²) >= 11 is 1.49. The van der Waals surface area contributed by atoms with E-state index in [2.05, 4.69) is 10.3 Å². The number of amides is 1. The Balaban J connectivity index is 2.02. The maximum atomic E-state index is 11.3. The Labute approximate surface area is 108 Å². The van der Waals surface area contributed by atoms with Gasteiger partial charge in [0.2, 0.25) is 5.91 Å². The third-order valence-electron chi connectivity index (χ3n) is 3.01. The molecule has 5 heteroatoms. The fourth-order valence-corrected chi connectivity index (χ4v) is 2.98. The summed E-state index contributed by atoms with van der Waals surface area (Å²) in [6, 6.07) is 5.85. The van der Waals surface area contributed by atoms with E-state index in [4.69, 9.17) is 0 Å². The van der Waals surface area contributed by atoms with Crippen molar-refractivity contribution in [1.82, 2.24) is 4.98 Å². The van der Waals surface area contributed by atoms with E-state index in [1.165, 1.54) is 11.3 Å². The lowest BCUT2D eigenvalue weighted by molar-refractivity contribution is -0.115. The minimum atomic E-state index is 0.0223. The number of thiazole rings is 1. The van der Waals surface area contributed by atoms with Gasteiger partial charge in [-0.15, -0.1) is 11.3 Å². The van der Waals surface area contributed by atoms with Gasteiger partial charge in [-0.05, 0) is 30.7 Å². The summed E-state index contributed by atoms with van der Waals surface area (Å²) < 4.78 is 0. The van der Waals surface area contributed by atoms with Gasteiger partial charge in [0, 0.05) is 11.3 Å². The molecule has 1 aliphatic heterocycles. The molecule has 0 fully saturated rings. The first kappa shape index (κ1) is 11.4. The molecule has 0 saturated carbocycles. The van der Waals surface area contributed by atoms with Gasteiger partial charge in [0.05, 0.1) is 23.6 Å². The molecule has 0 aliphatic carbocycles. The summed E-state index contributed by atoms with van der Waals surface area (Å²) in [4.78, 5) is 16.6. The van der Waals surface area contributed by atoms with Crippen molar-refractivity contribution in [2.75, 3.05) is 5.32 Å². The van der Waals surface area contributed by atoms with Crippen molar-refractivity contribution in [3.63, 3.8) is 0 Å². The lowest BCUT2D eigenvalue weighted by Gasteiger charge is -2.00. The second-order valence-electron chi connectivity index (χ2n) is 4.28. The molecule has 0 atom stereocenters. The van der Waals surface area contributed by atoms with Crippen LogP contribution in [0.1, 0.15) is 16.1 Å². The van der Waals surface area contributed by atoms with E-state index < -0.39 is 0 Å². The SMILES string of the molecule is Cc1nc(-c2ccc3c(c2)CC(=O)N3)sc1CO. The van der Waals surface area contributed by atoms with Gasteiger partial charge in [-0.3, -0.25) is 4.79 Å². The number of anilines is 1. The molecule has 3 rings (SSSR count). The van der Waals surface area contributed by atoms with E-state index in [-0.39, 0.29) is 12.5 Å². The average molecular weight is 260 g/mol. The number of rotatable bonds is 2. The zero-order chi connectivity index (χ0) is 12.7. The first-order valence-electron chi connectivity index (χ1n) is 5.67. The van der Waals surface area contributed by atoms with E-state index in [9.17, 15) is 9.90 Å². The Kier molecular flexibility index (Phi) is 2.65. The smallest absolute Gasteiger partial charge is 0.228 e. The Hall–Kier alpha value is -1.72. The maximum Gasteiger partial charge on any atom is 0.228 e. The van der Waals surface area contributed by atoms with Crippen molar-refractivity contribution >= 4 is 22.9 Å². The Morgan fingerprint density at radius 3 is 3.06 bits per heavy atom. The van der Waals surface area contributed by atoms with Crippen LogP contribution in [0.3, 0.4) is 0 Å². The van der Waals surface area contributed by atoms with Crippen LogP contribution in [-0.2, 0) is 17.8 Å². The van der Waals surface area contributed by atoms with Gasteiger partial charge in [0.25, 0.3) is 0 Å². The summed E-state index contributed by atoms with van der Waals surface area (Å²) in [7, 11) is 0. The number of aliphatic hydroxyl groups excluding tert-OH is 1. The van der Waals surface area contributed by atoms with Crippen molar-refractivity contribution in [3.8, 4) is 10.6 Å². The fraction of sp³-hybridized carbons (Fsp3) is 0.231. The van der Waals surface area contributed by atoms with E-state index in [1.54, 1.807) is 0 Å². The maximum absolute atomic E-state index is 11.3. The summed E-state index contributed by atoms with van der Waals surface area (Å²) in [5.41, 5.74) is 3.76. The fourth-order valence-electron chi connectivity index (χ4n) is 2.06. The number of nitrogens with one attached hydrogen (secondary N) is 1. The van der Waals surface area contributed by atoms with E-state index in [1.807, 2.05) is 25.1 Å². The Bertz CT molecular complexity index is 634. The molecule has 92 valence electrons. The highest BCUT2D eigenvalue weighted by Gasteiger charge is 2.18. The van der Waals surface area contributed by atoms with Crippen LogP contribution >= 0.6 is 11.3 Å². The van der Waals surface area contributed by atoms with Crippen molar-refractivity contribution in [2.45, 2.75) is 20.0 Å². The van der Waals surface area contributed by atoms with Crippen LogP contribution in [0.25, 0.3) is 10.6 Å². The number of nitrogens with zero attached hydrogens (tertiary/aromatic N) is 1. The predicted molar refractivity (Wildman–Crippen MR) is 70.5 cm³/mol. The van der Waals surface area contributed by atoms with Gasteiger partial charge in [-0.1, -0.05) is 0 Å². The van der Waals surface area contributed by atoms with Crippen molar-refractivity contribution in [2.24, 2.45) is 0 Å². The highest BCUT2D eigenvalue weighted by molar-refractivity contribution is 7.15. The molecule has 2 heterocycles. The van der Waals surface area contributed by atoms with Gasteiger partial charge in [-0.25, -0.2) is 4.98 Å². The Morgan fingerprint density at radius 2 is 2.33 bits per heavy atom. The molecule has 2 aromatic rings. The van der Waals surface area contributed by atoms with Crippen LogP contribution in [0.5, 0.6) is 0 Å². The number of aromatic nitrogens is 1. The van der Waals surface area contributed by atoms with Crippen LogP contribution in [0, 0.1) is 6.92 Å². The monoisotopic (exact) mass is 260 g/mol. The normalized spacial score (nSPS) is 13.6. The number of aryl methyl sites for hydroxylation is 1. The molecular weight excluding hydrogens is 248 g/mol. The van der Waals surface area contributed by atoms with Gasteiger partial charge in [0.1, 0.15) is 5.01 Å². The highest BCUT2D eigenvalue weighted by atomic mass is 32.1. The zero-order valence-electron chi connectivity index (χ0n) is 9.86. The number of benzene rings is 1. The lowest BCUT2D eigenvalue weighted by Crippen LogP contribution is -2.03. The first-order chi connectivity index (χ1) is 8.67. The summed E-state index contributed by atoms with van der Waals surface area (Å²) in [6.07, 6.45) is 0.431. The number of fused-ring (bicyclic) bond motifs is 1. The molecule has 0 saturated heterocycles. The number of aliphatic hydroxyl groups is 1. The standard InChI is InChI=1S/C13H12N2O2S/c1-7-11(6-16)18-13(14-7)8-2-3-10-9(4-8)5-12(17)15-10/h2-4,16H,5-6H2,1H3,(H,15,17). The van der Waals surface area contributed by atoms with Crippen molar-refractivity contribution < 1.29 is 9.90 Å². The van der Waals surface area contributed by atoms with Crippen molar-refractivity contribution in [3.05, 3.63) is 34.3 Å². The molecule has 1 aliphatic rings. The molecule has 18 heavy (non-hydrogen) atoms. The van der Waals surface area contributed by atoms with Crippen LogP contribution in [-0.4, -0.2) is 16.0 Å². The van der Waals surface area contributed by atoms with Gasteiger partial charge in [-0.2, -0.15) is 0 Å². The van der Waals surface area contributed by atoms with Crippen molar-refractivity contribution in [1.29, 1.82) is 0 Å². The van der Waals surface area contributed by atoms with Crippen LogP contribution in [0.15, 0.2) is 18.2 Å². The summed E-state index contributed by atoms with van der Waals surface area (Å²) in [5.74, 6) is 0.0357. The minimum absolute atomic E-state index is 0.0223. The molecule has 1 amide bonds. The quantitative estimate of drug-likeness (QED) is 0.869. The van der Waals surface area contributed by atoms with Crippen LogP contribution < -0.4 is 5.32 Å². The number of hydrogen-bond acceptors (Lipinski definition) is 4. The van der Waals surface area contributed by atoms with Crippen LogP contribution in [0.2, 0.25) is 0 Å². The molecule has 0 radical (unpaired) electrons. The molecule has 1 aromatic carbocycles. The highest BCUT2D eigenvalue weighted by Crippen LogP contribution is 2.32. The van der Waals surface area contributed by atoms with Gasteiger partial charge in [0.15, 0.2) is 0 Å². The largest absolute Gasteiger partial charge is 0.391 e. The number of hydrogen-bond donors (Lipinski definition) is 2. The molecule has 0 spiro atoms. The molecule has 4 nitrogen and oxygen atoms in total. The third-order valence-corrected chi connectivity index (χ3v) is 4.20. The topological polar surface area (TPSA) is 62.2 Å². The molecule has 2 N–H and O–H groups in total. The lowest BCUT2D eigenvalue weighted by atomic mass is 10.1. The predicted octanol–water partition coefficient (Wildman–Crippen LogP) is 2.11. The third kappa shape index (κ3) is 1.81. The zero-order valence-corrected chi connectivity index (χ0v) is 10.7.